The van der Waals surface area contributed by atoms with Gasteiger partial charge in [0.2, 0.25) is 0 Å². The van der Waals surface area contributed by atoms with Crippen molar-refractivity contribution in [2.24, 2.45) is 5.73 Å². The minimum absolute atomic E-state index is 0.111. The number of imidazole rings is 1. The van der Waals surface area contributed by atoms with E-state index in [4.69, 9.17) is 10.7 Å². The molecule has 150 valence electrons. The van der Waals surface area contributed by atoms with Crippen LogP contribution >= 0.6 is 0 Å². The predicted octanol–water partition coefficient (Wildman–Crippen LogP) is 1.38. The summed E-state index contributed by atoms with van der Waals surface area (Å²) < 4.78 is 3.78. The quantitative estimate of drug-likeness (QED) is 0.723. The zero-order valence-corrected chi connectivity index (χ0v) is 16.1. The van der Waals surface area contributed by atoms with E-state index in [9.17, 15) is 9.59 Å². The normalized spacial score (nSPS) is 17.4. The number of nitrogens with zero attached hydrogens (tertiary/aromatic N) is 6. The topological polar surface area (TPSA) is 111 Å². The number of fused-ring (bicyclic) bond motifs is 2. The summed E-state index contributed by atoms with van der Waals surface area (Å²) in [6, 6.07) is 1.63. The van der Waals surface area contributed by atoms with Crippen molar-refractivity contribution >= 4 is 17.5 Å². The molecule has 3 aromatic heterocycles. The molecule has 0 aromatic carbocycles. The number of carbonyl (C=O) groups is 2. The first-order valence-electron chi connectivity index (χ1n) is 10.1. The molecule has 2 amide bonds. The van der Waals surface area contributed by atoms with E-state index in [1.54, 1.807) is 6.07 Å². The maximum atomic E-state index is 13.1. The molecule has 2 N–H and O–H groups in total. The summed E-state index contributed by atoms with van der Waals surface area (Å²) in [5, 5.41) is 4.15. The van der Waals surface area contributed by atoms with Gasteiger partial charge in [-0.2, -0.15) is 5.10 Å². The largest absolute Gasteiger partial charge is 0.365 e. The molecule has 5 rings (SSSR count). The first-order valence-corrected chi connectivity index (χ1v) is 10.1. The van der Waals surface area contributed by atoms with Crippen LogP contribution in [0.4, 0.5) is 0 Å². The molecular weight excluding hydrogens is 370 g/mol. The number of nitrogens with two attached hydrogens (primary N) is 1. The molecule has 29 heavy (non-hydrogen) atoms. The first-order chi connectivity index (χ1) is 14.1. The number of aryl methyl sites for hydroxylation is 1. The van der Waals surface area contributed by atoms with E-state index >= 15 is 0 Å². The molecule has 3 aromatic rings. The van der Waals surface area contributed by atoms with E-state index in [2.05, 4.69) is 14.6 Å². The highest BCUT2D eigenvalue weighted by atomic mass is 16.2. The maximum absolute atomic E-state index is 13.1. The number of aromatic nitrogens is 5. The lowest BCUT2D eigenvalue weighted by Gasteiger charge is -2.32. The lowest BCUT2D eigenvalue weighted by atomic mass is 9.95. The molecule has 0 radical (unpaired) electrons. The third-order valence-corrected chi connectivity index (χ3v) is 6.07. The van der Waals surface area contributed by atoms with Gasteiger partial charge in [-0.15, -0.1) is 0 Å². The van der Waals surface area contributed by atoms with Gasteiger partial charge in [0.05, 0.1) is 6.20 Å². The van der Waals surface area contributed by atoms with E-state index in [1.807, 2.05) is 11.1 Å². The number of amides is 2. The second-order valence-electron chi connectivity index (χ2n) is 7.77. The Morgan fingerprint density at radius 3 is 2.69 bits per heavy atom. The third kappa shape index (κ3) is 2.97. The van der Waals surface area contributed by atoms with Gasteiger partial charge in [-0.1, -0.05) is 0 Å². The van der Waals surface area contributed by atoms with Gasteiger partial charge in [-0.3, -0.25) is 9.59 Å². The fraction of sp³-hybridized carbons (Fsp3) is 0.450. The molecule has 5 heterocycles. The van der Waals surface area contributed by atoms with Crippen LogP contribution in [0.1, 0.15) is 64.0 Å². The van der Waals surface area contributed by atoms with Crippen LogP contribution in [-0.2, 0) is 13.0 Å². The van der Waals surface area contributed by atoms with Crippen LogP contribution in [0.15, 0.2) is 24.7 Å². The molecule has 2 aliphatic rings. The van der Waals surface area contributed by atoms with Crippen LogP contribution in [0, 0.1) is 0 Å². The number of primary amides is 1. The smallest absolute Gasteiger partial charge is 0.272 e. The Kier molecular flexibility index (Phi) is 4.30. The molecule has 0 unspecified atom stereocenters. The summed E-state index contributed by atoms with van der Waals surface area (Å²) in [6.07, 6.45) is 10.2. The van der Waals surface area contributed by atoms with Gasteiger partial charge < -0.3 is 15.2 Å². The highest BCUT2D eigenvalue weighted by Gasteiger charge is 2.29. The molecule has 1 fully saturated rings. The lowest BCUT2D eigenvalue weighted by Crippen LogP contribution is -2.39. The fourth-order valence-corrected chi connectivity index (χ4v) is 4.52. The van der Waals surface area contributed by atoms with Crippen molar-refractivity contribution in [2.75, 3.05) is 13.1 Å². The molecule has 0 saturated carbocycles. The highest BCUT2D eigenvalue weighted by Crippen LogP contribution is 2.30. The van der Waals surface area contributed by atoms with Crippen LogP contribution in [0.3, 0.4) is 0 Å². The molecule has 1 saturated heterocycles. The van der Waals surface area contributed by atoms with Crippen molar-refractivity contribution in [1.82, 2.24) is 29.0 Å². The third-order valence-electron chi connectivity index (χ3n) is 6.07. The number of likely N-dealkylation sites (tertiary alicyclic amines) is 1. The van der Waals surface area contributed by atoms with Crippen LogP contribution in [0.5, 0.6) is 0 Å². The first kappa shape index (κ1) is 17.8. The summed E-state index contributed by atoms with van der Waals surface area (Å²) in [5.41, 5.74) is 7.61. The van der Waals surface area contributed by atoms with Crippen molar-refractivity contribution in [3.8, 4) is 0 Å². The van der Waals surface area contributed by atoms with E-state index in [-0.39, 0.29) is 11.5 Å². The van der Waals surface area contributed by atoms with Gasteiger partial charge in [-0.05, 0) is 38.2 Å². The van der Waals surface area contributed by atoms with Crippen LogP contribution in [0.25, 0.3) is 5.65 Å². The number of rotatable bonds is 3. The van der Waals surface area contributed by atoms with E-state index < -0.39 is 5.91 Å². The van der Waals surface area contributed by atoms with Crippen molar-refractivity contribution in [2.45, 2.75) is 44.6 Å². The van der Waals surface area contributed by atoms with Gasteiger partial charge >= 0.3 is 0 Å². The fourth-order valence-electron chi connectivity index (χ4n) is 4.52. The van der Waals surface area contributed by atoms with Gasteiger partial charge in [0.25, 0.3) is 11.8 Å². The minimum Gasteiger partial charge on any atom is -0.365 e. The number of piperidine rings is 1. The second-order valence-corrected chi connectivity index (χ2v) is 7.77. The van der Waals surface area contributed by atoms with Gasteiger partial charge in [0.1, 0.15) is 17.1 Å². The van der Waals surface area contributed by atoms with Crippen molar-refractivity contribution in [3.63, 3.8) is 0 Å². The molecule has 2 aliphatic heterocycles. The number of carbonyl (C=O) groups excluding carboxylic acids is 2. The van der Waals surface area contributed by atoms with Crippen LogP contribution in [0.2, 0.25) is 0 Å². The predicted molar refractivity (Wildman–Crippen MR) is 105 cm³/mol. The second kappa shape index (κ2) is 6.98. The zero-order valence-electron chi connectivity index (χ0n) is 16.1. The Morgan fingerprint density at radius 2 is 1.90 bits per heavy atom. The summed E-state index contributed by atoms with van der Waals surface area (Å²) in [5.74, 6) is 0.840. The average Bonchev–Trinajstić information content (AvgIpc) is 3.38. The summed E-state index contributed by atoms with van der Waals surface area (Å²) in [6.45, 7) is 2.39. The highest BCUT2D eigenvalue weighted by molar-refractivity contribution is 5.99. The summed E-state index contributed by atoms with van der Waals surface area (Å²) >= 11 is 0. The van der Waals surface area contributed by atoms with E-state index in [1.165, 1.54) is 41.3 Å². The van der Waals surface area contributed by atoms with Crippen molar-refractivity contribution < 1.29 is 9.59 Å². The Labute approximate surface area is 167 Å². The molecular formula is C20H23N7O2. The Balaban J connectivity index is 1.34. The Hall–Kier alpha value is -3.23. The number of hydrogen-bond acceptors (Lipinski definition) is 5. The lowest BCUT2D eigenvalue weighted by molar-refractivity contribution is 0.0700. The maximum Gasteiger partial charge on any atom is 0.272 e. The van der Waals surface area contributed by atoms with Gasteiger partial charge in [0.15, 0.2) is 5.65 Å². The monoisotopic (exact) mass is 393 g/mol. The SMILES string of the molecule is NC(=O)c1cnn2c(C(=O)N3CCC(c4ncc5n4CCCC5)CC3)ccnc12. The van der Waals surface area contributed by atoms with Gasteiger partial charge in [-0.25, -0.2) is 14.5 Å². The van der Waals surface area contributed by atoms with E-state index in [0.717, 1.165) is 25.8 Å². The standard InChI is InChI=1S/C20H23N7O2/c21-17(28)15-12-24-27-16(4-7-22-19(15)27)20(29)25-9-5-13(6-10-25)18-23-11-14-3-1-2-8-26(14)18/h4,7,11-13H,1-3,5-6,8-10H2,(H2,21,28). The van der Waals surface area contributed by atoms with Crippen molar-refractivity contribution in [3.05, 3.63) is 47.4 Å². The van der Waals surface area contributed by atoms with Gasteiger partial charge in [0, 0.05) is 43.6 Å². The average molecular weight is 393 g/mol. The zero-order chi connectivity index (χ0) is 20.0. The molecule has 0 aliphatic carbocycles. The summed E-state index contributed by atoms with van der Waals surface area (Å²) in [4.78, 5) is 35.4. The van der Waals surface area contributed by atoms with Crippen molar-refractivity contribution in [1.29, 1.82) is 0 Å². The summed E-state index contributed by atoms with van der Waals surface area (Å²) in [7, 11) is 0. The van der Waals surface area contributed by atoms with E-state index in [0.29, 0.717) is 30.3 Å². The Bertz CT molecular complexity index is 1090. The van der Waals surface area contributed by atoms with Crippen LogP contribution in [-0.4, -0.2) is 54.0 Å². The molecule has 0 spiro atoms. The molecule has 0 atom stereocenters. The van der Waals surface area contributed by atoms with Crippen LogP contribution < -0.4 is 5.73 Å². The Morgan fingerprint density at radius 1 is 1.07 bits per heavy atom. The molecule has 0 bridgehead atoms. The number of hydrogen-bond donors (Lipinski definition) is 1. The molecule has 9 heteroatoms. The minimum atomic E-state index is -0.610. The molecule has 9 nitrogen and oxygen atoms in total.